The van der Waals surface area contributed by atoms with E-state index >= 15 is 0 Å². The Labute approximate surface area is 198 Å². The second-order valence-corrected chi connectivity index (χ2v) is 8.35. The van der Waals surface area contributed by atoms with E-state index in [1.807, 2.05) is 67.6 Å². The van der Waals surface area contributed by atoms with Gasteiger partial charge in [-0.2, -0.15) is 0 Å². The van der Waals surface area contributed by atoms with Crippen LogP contribution < -0.4 is 4.74 Å². The molecule has 1 saturated heterocycles. The highest BCUT2D eigenvalue weighted by Gasteiger charge is 2.26. The van der Waals surface area contributed by atoms with Crippen LogP contribution in [0.5, 0.6) is 5.75 Å². The molecule has 34 heavy (non-hydrogen) atoms. The Morgan fingerprint density at radius 1 is 0.794 bits per heavy atom. The molecule has 7 nitrogen and oxygen atoms in total. The van der Waals surface area contributed by atoms with Crippen molar-refractivity contribution in [3.63, 3.8) is 0 Å². The van der Waals surface area contributed by atoms with E-state index < -0.39 is 0 Å². The second kappa shape index (κ2) is 9.02. The Balaban J connectivity index is 1.30. The van der Waals surface area contributed by atoms with E-state index in [-0.39, 0.29) is 11.8 Å². The first-order valence-corrected chi connectivity index (χ1v) is 11.3. The number of benzene rings is 3. The number of para-hydroxylation sites is 1. The van der Waals surface area contributed by atoms with Crippen LogP contribution in [0.25, 0.3) is 16.7 Å². The number of aromatic nitrogens is 2. The van der Waals surface area contributed by atoms with E-state index in [4.69, 9.17) is 4.74 Å². The number of amides is 2. The van der Waals surface area contributed by atoms with Crippen molar-refractivity contribution in [2.24, 2.45) is 0 Å². The number of carbonyl (C=O) groups excluding carboxylic acids is 2. The molecule has 7 heteroatoms. The smallest absolute Gasteiger partial charge is 0.254 e. The summed E-state index contributed by atoms with van der Waals surface area (Å²) in [4.78, 5) is 34.4. The maximum atomic E-state index is 13.2. The van der Waals surface area contributed by atoms with Crippen LogP contribution in [0, 0.1) is 6.92 Å². The summed E-state index contributed by atoms with van der Waals surface area (Å²) in [6, 6.07) is 22.9. The SMILES string of the molecule is COc1cccc(C(=O)N2CCN(C(=O)c3ccc4c(c3)nc(C)n4-c3ccccc3)CC2)c1. The number of imidazole rings is 1. The third kappa shape index (κ3) is 4.01. The standard InChI is InChI=1S/C27H26N4O3/c1-19-28-24-18-21(11-12-25(24)31(19)22-8-4-3-5-9-22)27(33)30-15-13-29(14-16-30)26(32)20-7-6-10-23(17-20)34-2/h3-12,17-18H,13-16H2,1-2H3. The number of hydrogen-bond acceptors (Lipinski definition) is 4. The van der Waals surface area contributed by atoms with E-state index in [1.54, 1.807) is 29.0 Å². The lowest BCUT2D eigenvalue weighted by Gasteiger charge is -2.35. The number of piperazine rings is 1. The number of rotatable bonds is 4. The number of carbonyl (C=O) groups is 2. The molecular weight excluding hydrogens is 428 g/mol. The Kier molecular flexibility index (Phi) is 5.76. The number of ether oxygens (including phenoxy) is 1. The first-order chi connectivity index (χ1) is 16.5. The topological polar surface area (TPSA) is 67.7 Å². The molecular formula is C27H26N4O3. The number of methoxy groups -OCH3 is 1. The summed E-state index contributed by atoms with van der Waals surface area (Å²) in [6.07, 6.45) is 0. The van der Waals surface area contributed by atoms with Gasteiger partial charge in [0.25, 0.3) is 11.8 Å². The molecule has 0 unspecified atom stereocenters. The summed E-state index contributed by atoms with van der Waals surface area (Å²) in [5.74, 6) is 1.44. The molecule has 5 rings (SSSR count). The molecule has 2 amide bonds. The maximum absolute atomic E-state index is 13.2. The van der Waals surface area contributed by atoms with Gasteiger partial charge >= 0.3 is 0 Å². The number of hydrogen-bond donors (Lipinski definition) is 0. The maximum Gasteiger partial charge on any atom is 0.254 e. The van der Waals surface area contributed by atoms with E-state index in [9.17, 15) is 9.59 Å². The van der Waals surface area contributed by atoms with E-state index in [2.05, 4.69) is 9.55 Å². The van der Waals surface area contributed by atoms with Gasteiger partial charge in [-0.15, -0.1) is 0 Å². The third-order valence-electron chi connectivity index (χ3n) is 6.25. The van der Waals surface area contributed by atoms with Gasteiger partial charge in [0.2, 0.25) is 0 Å². The average molecular weight is 455 g/mol. The van der Waals surface area contributed by atoms with E-state index in [0.717, 1.165) is 22.5 Å². The molecule has 0 N–H and O–H groups in total. The molecule has 0 spiro atoms. The van der Waals surface area contributed by atoms with Crippen LogP contribution in [0.15, 0.2) is 72.8 Å². The lowest BCUT2D eigenvalue weighted by atomic mass is 10.1. The molecule has 0 bridgehead atoms. The molecule has 0 radical (unpaired) electrons. The van der Waals surface area contributed by atoms with Crippen molar-refractivity contribution in [1.82, 2.24) is 19.4 Å². The number of nitrogens with zero attached hydrogens (tertiary/aromatic N) is 4. The summed E-state index contributed by atoms with van der Waals surface area (Å²) < 4.78 is 7.31. The molecule has 1 aromatic heterocycles. The van der Waals surface area contributed by atoms with Crippen LogP contribution >= 0.6 is 0 Å². The van der Waals surface area contributed by atoms with E-state index in [0.29, 0.717) is 43.1 Å². The van der Waals surface area contributed by atoms with Gasteiger partial charge in [0, 0.05) is 43.0 Å². The molecule has 2 heterocycles. The fraction of sp³-hybridized carbons (Fsp3) is 0.222. The van der Waals surface area contributed by atoms with Gasteiger partial charge in [0.15, 0.2) is 0 Å². The Morgan fingerprint density at radius 3 is 2.09 bits per heavy atom. The van der Waals surface area contributed by atoms with Crippen LogP contribution in [0.2, 0.25) is 0 Å². The minimum absolute atomic E-state index is 0.0395. The zero-order valence-electron chi connectivity index (χ0n) is 19.3. The highest BCUT2D eigenvalue weighted by Crippen LogP contribution is 2.23. The molecule has 1 fully saturated rings. The van der Waals surface area contributed by atoms with Crippen molar-refractivity contribution in [3.05, 3.63) is 89.7 Å². The number of aryl methyl sites for hydroxylation is 1. The van der Waals surface area contributed by atoms with Gasteiger partial charge in [-0.05, 0) is 55.5 Å². The summed E-state index contributed by atoms with van der Waals surface area (Å²) in [7, 11) is 1.58. The van der Waals surface area contributed by atoms with Crippen molar-refractivity contribution < 1.29 is 14.3 Å². The average Bonchev–Trinajstić information content (AvgIpc) is 3.23. The molecule has 0 atom stereocenters. The third-order valence-corrected chi connectivity index (χ3v) is 6.25. The largest absolute Gasteiger partial charge is 0.497 e. The van der Waals surface area contributed by atoms with Crippen molar-refractivity contribution in [2.45, 2.75) is 6.92 Å². The summed E-state index contributed by atoms with van der Waals surface area (Å²) in [6.45, 7) is 3.93. The Morgan fingerprint density at radius 2 is 1.44 bits per heavy atom. The highest BCUT2D eigenvalue weighted by molar-refractivity contribution is 5.98. The molecule has 3 aromatic carbocycles. The molecule has 4 aromatic rings. The number of fused-ring (bicyclic) bond motifs is 1. The summed E-state index contributed by atoms with van der Waals surface area (Å²) >= 11 is 0. The normalized spacial score (nSPS) is 13.8. The van der Waals surface area contributed by atoms with E-state index in [1.165, 1.54) is 0 Å². The monoisotopic (exact) mass is 454 g/mol. The van der Waals surface area contributed by atoms with Crippen LogP contribution in [-0.4, -0.2) is 64.5 Å². The lowest BCUT2D eigenvalue weighted by Crippen LogP contribution is -2.50. The van der Waals surface area contributed by atoms with Gasteiger partial charge in [-0.3, -0.25) is 14.2 Å². The first-order valence-electron chi connectivity index (χ1n) is 11.3. The van der Waals surface area contributed by atoms with Gasteiger partial charge in [0.05, 0.1) is 18.1 Å². The summed E-state index contributed by atoms with van der Waals surface area (Å²) in [5.41, 5.74) is 4.00. The Bertz CT molecular complexity index is 1360. The Hall–Kier alpha value is -4.13. The quantitative estimate of drug-likeness (QED) is 0.469. The first kappa shape index (κ1) is 21.7. The van der Waals surface area contributed by atoms with Gasteiger partial charge in [0.1, 0.15) is 11.6 Å². The van der Waals surface area contributed by atoms with Crippen LogP contribution in [-0.2, 0) is 0 Å². The van der Waals surface area contributed by atoms with Crippen LogP contribution in [0.4, 0.5) is 0 Å². The predicted molar refractivity (Wildman–Crippen MR) is 131 cm³/mol. The molecule has 172 valence electrons. The second-order valence-electron chi connectivity index (χ2n) is 8.35. The van der Waals surface area contributed by atoms with Crippen molar-refractivity contribution in [3.8, 4) is 11.4 Å². The van der Waals surface area contributed by atoms with Crippen molar-refractivity contribution in [1.29, 1.82) is 0 Å². The van der Waals surface area contributed by atoms with Crippen LogP contribution in [0.3, 0.4) is 0 Å². The van der Waals surface area contributed by atoms with Gasteiger partial charge in [-0.25, -0.2) is 4.98 Å². The van der Waals surface area contributed by atoms with Crippen LogP contribution in [0.1, 0.15) is 26.5 Å². The van der Waals surface area contributed by atoms with Gasteiger partial charge in [-0.1, -0.05) is 24.3 Å². The lowest BCUT2D eigenvalue weighted by molar-refractivity contribution is 0.0535. The van der Waals surface area contributed by atoms with Crippen molar-refractivity contribution >= 4 is 22.8 Å². The predicted octanol–water partition coefficient (Wildman–Crippen LogP) is 3.94. The summed E-state index contributed by atoms with van der Waals surface area (Å²) in [5, 5.41) is 0. The zero-order valence-corrected chi connectivity index (χ0v) is 19.3. The minimum atomic E-state index is -0.0469. The highest BCUT2D eigenvalue weighted by atomic mass is 16.5. The molecule has 1 aliphatic heterocycles. The molecule has 0 saturated carbocycles. The minimum Gasteiger partial charge on any atom is -0.497 e. The van der Waals surface area contributed by atoms with Crippen molar-refractivity contribution in [2.75, 3.05) is 33.3 Å². The fourth-order valence-corrected chi connectivity index (χ4v) is 4.47. The fourth-order valence-electron chi connectivity index (χ4n) is 4.47. The molecule has 1 aliphatic rings. The molecule has 0 aliphatic carbocycles. The van der Waals surface area contributed by atoms with Gasteiger partial charge < -0.3 is 14.5 Å². The zero-order chi connectivity index (χ0) is 23.7.